The number of rotatable bonds is 6. The summed E-state index contributed by atoms with van der Waals surface area (Å²) in [6, 6.07) is 6.69. The Morgan fingerprint density at radius 3 is 2.50 bits per heavy atom. The monoisotopic (exact) mass is 269 g/mol. The van der Waals surface area contributed by atoms with Gasteiger partial charge < -0.3 is 5.32 Å². The van der Waals surface area contributed by atoms with Crippen LogP contribution in [0.15, 0.2) is 36.8 Å². The Labute approximate surface area is 121 Å². The molecule has 2 aromatic rings. The third-order valence-electron chi connectivity index (χ3n) is 3.63. The number of hydrogen-bond donors (Lipinski definition) is 1. The molecule has 2 rings (SSSR count). The minimum Gasteiger partial charge on any atom is -0.308 e. The van der Waals surface area contributed by atoms with Crippen molar-refractivity contribution < 1.29 is 0 Å². The van der Waals surface area contributed by atoms with Gasteiger partial charge in [0, 0.05) is 18.6 Å². The summed E-state index contributed by atoms with van der Waals surface area (Å²) < 4.78 is 0. The van der Waals surface area contributed by atoms with Crippen LogP contribution >= 0.6 is 0 Å². The van der Waals surface area contributed by atoms with Crippen LogP contribution in [0.5, 0.6) is 0 Å². The highest BCUT2D eigenvalue weighted by atomic mass is 14.9. The summed E-state index contributed by atoms with van der Waals surface area (Å²) in [6.07, 6.45) is 7.42. The fourth-order valence-electron chi connectivity index (χ4n) is 2.47. The Morgan fingerprint density at radius 2 is 1.90 bits per heavy atom. The maximum absolute atomic E-state index is 4.46. The van der Waals surface area contributed by atoms with Crippen molar-refractivity contribution in [2.75, 3.05) is 6.54 Å². The van der Waals surface area contributed by atoms with Gasteiger partial charge in [0.2, 0.25) is 0 Å². The van der Waals surface area contributed by atoms with Crippen LogP contribution in [0, 0.1) is 13.8 Å². The largest absolute Gasteiger partial charge is 0.308 e. The second-order valence-electron chi connectivity index (χ2n) is 5.21. The van der Waals surface area contributed by atoms with Gasteiger partial charge in [-0.15, -0.1) is 0 Å². The van der Waals surface area contributed by atoms with Crippen LogP contribution in [0.1, 0.15) is 41.8 Å². The average molecular weight is 269 g/mol. The van der Waals surface area contributed by atoms with Crippen LogP contribution in [-0.4, -0.2) is 16.5 Å². The number of hydrogen-bond acceptors (Lipinski definition) is 3. The molecule has 1 aromatic carbocycles. The molecule has 0 saturated carbocycles. The maximum Gasteiger partial charge on any atom is 0.0759 e. The molecule has 20 heavy (non-hydrogen) atoms. The minimum atomic E-state index is 0.225. The zero-order chi connectivity index (χ0) is 14.4. The van der Waals surface area contributed by atoms with Gasteiger partial charge in [-0.3, -0.25) is 9.97 Å². The van der Waals surface area contributed by atoms with Crippen molar-refractivity contribution in [1.29, 1.82) is 0 Å². The molecule has 0 amide bonds. The number of aryl methyl sites for hydroxylation is 2. The van der Waals surface area contributed by atoms with Gasteiger partial charge in [-0.2, -0.15) is 0 Å². The summed E-state index contributed by atoms with van der Waals surface area (Å²) in [4.78, 5) is 8.66. The summed E-state index contributed by atoms with van der Waals surface area (Å²) in [7, 11) is 0. The molecule has 0 spiro atoms. The molecular formula is C17H23N3. The topological polar surface area (TPSA) is 37.8 Å². The molecule has 0 bridgehead atoms. The molecule has 1 unspecified atom stereocenters. The zero-order valence-corrected chi connectivity index (χ0v) is 12.6. The normalized spacial score (nSPS) is 12.3. The highest BCUT2D eigenvalue weighted by molar-refractivity contribution is 5.34. The molecule has 0 radical (unpaired) electrons. The minimum absolute atomic E-state index is 0.225. The molecule has 1 N–H and O–H groups in total. The van der Waals surface area contributed by atoms with E-state index in [1.165, 1.54) is 16.7 Å². The first-order valence-electron chi connectivity index (χ1n) is 7.26. The zero-order valence-electron chi connectivity index (χ0n) is 12.6. The first-order valence-corrected chi connectivity index (χ1v) is 7.26. The van der Waals surface area contributed by atoms with Crippen molar-refractivity contribution >= 4 is 0 Å². The summed E-state index contributed by atoms with van der Waals surface area (Å²) >= 11 is 0. The molecule has 3 heteroatoms. The lowest BCUT2D eigenvalue weighted by Crippen LogP contribution is -2.25. The van der Waals surface area contributed by atoms with E-state index in [0.29, 0.717) is 0 Å². The van der Waals surface area contributed by atoms with Gasteiger partial charge in [0.25, 0.3) is 0 Å². The Balaban J connectivity index is 2.24. The van der Waals surface area contributed by atoms with Crippen molar-refractivity contribution in [3.8, 4) is 0 Å². The SMILES string of the molecule is CCCNC(Cc1c(C)cccc1C)c1cnccn1. The van der Waals surface area contributed by atoms with E-state index in [4.69, 9.17) is 0 Å². The second-order valence-corrected chi connectivity index (χ2v) is 5.21. The third kappa shape index (κ3) is 3.64. The first-order chi connectivity index (χ1) is 9.72. The van der Waals surface area contributed by atoms with Crippen LogP contribution in [0.2, 0.25) is 0 Å². The second kappa shape index (κ2) is 7.15. The van der Waals surface area contributed by atoms with Gasteiger partial charge >= 0.3 is 0 Å². The molecule has 0 fully saturated rings. The number of nitrogens with zero attached hydrogens (tertiary/aromatic N) is 2. The number of aromatic nitrogens is 2. The van der Waals surface area contributed by atoms with Crippen LogP contribution < -0.4 is 5.32 Å². The predicted octanol–water partition coefficient (Wildman–Crippen LogP) is 3.38. The predicted molar refractivity (Wildman–Crippen MR) is 82.7 cm³/mol. The molecule has 1 atom stereocenters. The smallest absolute Gasteiger partial charge is 0.0759 e. The van der Waals surface area contributed by atoms with E-state index in [1.54, 1.807) is 12.4 Å². The molecule has 3 nitrogen and oxygen atoms in total. The number of nitrogens with one attached hydrogen (secondary N) is 1. The molecule has 0 aliphatic carbocycles. The van der Waals surface area contributed by atoms with Gasteiger partial charge in [0.1, 0.15) is 0 Å². The van der Waals surface area contributed by atoms with Gasteiger partial charge in [0.05, 0.1) is 11.7 Å². The molecule has 0 aliphatic rings. The molecule has 106 valence electrons. The quantitative estimate of drug-likeness (QED) is 0.873. The lowest BCUT2D eigenvalue weighted by molar-refractivity contribution is 0.514. The lowest BCUT2D eigenvalue weighted by atomic mass is 9.95. The highest BCUT2D eigenvalue weighted by Crippen LogP contribution is 2.21. The molecule has 1 heterocycles. The highest BCUT2D eigenvalue weighted by Gasteiger charge is 2.15. The Bertz CT molecular complexity index is 517. The van der Waals surface area contributed by atoms with E-state index in [2.05, 4.69) is 54.3 Å². The Hall–Kier alpha value is -1.74. The molecule has 0 aliphatic heterocycles. The summed E-state index contributed by atoms with van der Waals surface area (Å²) in [5.41, 5.74) is 5.12. The van der Waals surface area contributed by atoms with Crippen molar-refractivity contribution in [3.63, 3.8) is 0 Å². The fourth-order valence-corrected chi connectivity index (χ4v) is 2.47. The van der Waals surface area contributed by atoms with Crippen molar-refractivity contribution in [3.05, 3.63) is 59.2 Å². The standard InChI is InChI=1S/C17H23N3/c1-4-8-19-16(17-12-18-9-10-20-17)11-15-13(2)6-5-7-14(15)3/h5-7,9-10,12,16,19H,4,8,11H2,1-3H3. The van der Waals surface area contributed by atoms with Gasteiger partial charge in [-0.25, -0.2) is 0 Å². The first kappa shape index (κ1) is 14.7. The van der Waals surface area contributed by atoms with E-state index in [9.17, 15) is 0 Å². The van der Waals surface area contributed by atoms with Gasteiger partial charge in [-0.05, 0) is 49.9 Å². The van der Waals surface area contributed by atoms with E-state index in [-0.39, 0.29) is 6.04 Å². The van der Waals surface area contributed by atoms with Gasteiger partial charge in [0.15, 0.2) is 0 Å². The third-order valence-corrected chi connectivity index (χ3v) is 3.63. The van der Waals surface area contributed by atoms with Crippen LogP contribution in [-0.2, 0) is 6.42 Å². The Kier molecular flexibility index (Phi) is 5.24. The Morgan fingerprint density at radius 1 is 1.15 bits per heavy atom. The van der Waals surface area contributed by atoms with Crippen molar-refractivity contribution in [2.45, 2.75) is 39.7 Å². The summed E-state index contributed by atoms with van der Waals surface area (Å²) in [5, 5.41) is 3.59. The summed E-state index contributed by atoms with van der Waals surface area (Å²) in [6.45, 7) is 7.53. The van der Waals surface area contributed by atoms with Gasteiger partial charge in [-0.1, -0.05) is 25.1 Å². The van der Waals surface area contributed by atoms with Crippen LogP contribution in [0.3, 0.4) is 0 Å². The molecule has 0 saturated heterocycles. The summed E-state index contributed by atoms with van der Waals surface area (Å²) in [5.74, 6) is 0. The number of benzene rings is 1. The molecule has 1 aromatic heterocycles. The fraction of sp³-hybridized carbons (Fsp3) is 0.412. The maximum atomic E-state index is 4.46. The van der Waals surface area contributed by atoms with Crippen LogP contribution in [0.25, 0.3) is 0 Å². The van der Waals surface area contributed by atoms with E-state index in [0.717, 1.165) is 25.1 Å². The van der Waals surface area contributed by atoms with Crippen LogP contribution in [0.4, 0.5) is 0 Å². The van der Waals surface area contributed by atoms with E-state index >= 15 is 0 Å². The molecular weight excluding hydrogens is 246 g/mol. The van der Waals surface area contributed by atoms with Crippen molar-refractivity contribution in [2.24, 2.45) is 0 Å². The lowest BCUT2D eigenvalue weighted by Gasteiger charge is -2.20. The van der Waals surface area contributed by atoms with E-state index in [1.807, 2.05) is 6.20 Å². The average Bonchev–Trinajstić information content (AvgIpc) is 2.47. The van der Waals surface area contributed by atoms with Crippen molar-refractivity contribution in [1.82, 2.24) is 15.3 Å². The van der Waals surface area contributed by atoms with E-state index < -0.39 is 0 Å².